The number of anilines is 1. The highest BCUT2D eigenvalue weighted by Gasteiger charge is 2.34. The van der Waals surface area contributed by atoms with Crippen LogP contribution in [-0.2, 0) is 36.8 Å². The van der Waals surface area contributed by atoms with Crippen molar-refractivity contribution in [3.8, 4) is 5.75 Å². The molecule has 2 saturated heterocycles. The third kappa shape index (κ3) is 8.89. The molecule has 2 aliphatic rings. The minimum absolute atomic E-state index is 0.0461. The van der Waals surface area contributed by atoms with Crippen LogP contribution in [0.3, 0.4) is 0 Å². The lowest BCUT2D eigenvalue weighted by Gasteiger charge is -2.31. The molecule has 2 fully saturated rings. The summed E-state index contributed by atoms with van der Waals surface area (Å²) in [5.74, 6) is -1.35. The highest BCUT2D eigenvalue weighted by Crippen LogP contribution is 2.31. The van der Waals surface area contributed by atoms with E-state index in [1.54, 1.807) is 23.1 Å². The number of aliphatic carboxylic acids is 1. The molecule has 2 heterocycles. The topological polar surface area (TPSA) is 170 Å². The average molecular weight is 572 g/mol. The summed E-state index contributed by atoms with van der Waals surface area (Å²) < 4.78 is 22.8. The summed E-state index contributed by atoms with van der Waals surface area (Å²) in [6, 6.07) is 14.8. The number of nitrogens with zero attached hydrogens (tertiary/aromatic N) is 1. The molecular weight excluding hydrogens is 534 g/mol. The minimum Gasteiger partial charge on any atom is -0.479 e. The second-order valence-corrected chi connectivity index (χ2v) is 10.0. The minimum atomic E-state index is -1.21. The van der Waals surface area contributed by atoms with Gasteiger partial charge in [-0.3, -0.25) is 9.69 Å². The molecule has 2 aromatic rings. The molecule has 41 heavy (non-hydrogen) atoms. The third-order valence-corrected chi connectivity index (χ3v) is 6.83. The number of benzene rings is 2. The van der Waals surface area contributed by atoms with E-state index in [1.807, 2.05) is 30.3 Å². The van der Waals surface area contributed by atoms with Gasteiger partial charge in [0.05, 0.1) is 18.4 Å². The summed E-state index contributed by atoms with van der Waals surface area (Å²) in [6.45, 7) is 1.10. The van der Waals surface area contributed by atoms with Crippen LogP contribution in [0.4, 0.5) is 10.5 Å². The molecular formula is C29H37N3O9. The highest BCUT2D eigenvalue weighted by molar-refractivity contribution is 5.92. The molecule has 2 aromatic carbocycles. The van der Waals surface area contributed by atoms with Gasteiger partial charge < -0.3 is 40.2 Å². The molecule has 222 valence electrons. The number of likely N-dealkylation sites (tertiary alicyclic amines) is 1. The number of hydrogen-bond acceptors (Lipinski definition) is 9. The van der Waals surface area contributed by atoms with Crippen molar-refractivity contribution in [1.82, 2.24) is 4.90 Å². The fourth-order valence-corrected chi connectivity index (χ4v) is 4.75. The van der Waals surface area contributed by atoms with Crippen LogP contribution in [0.2, 0.25) is 0 Å². The van der Waals surface area contributed by atoms with Gasteiger partial charge in [-0.2, -0.15) is 0 Å². The van der Waals surface area contributed by atoms with Gasteiger partial charge in [0.15, 0.2) is 6.10 Å². The van der Waals surface area contributed by atoms with Crippen molar-refractivity contribution in [1.29, 1.82) is 0 Å². The van der Waals surface area contributed by atoms with E-state index < -0.39 is 30.6 Å². The Morgan fingerprint density at radius 3 is 2.66 bits per heavy atom. The first-order chi connectivity index (χ1) is 19.8. The summed E-state index contributed by atoms with van der Waals surface area (Å²) in [6.07, 6.45) is -1.65. The number of aliphatic hydroxyl groups excluding tert-OH is 1. The molecule has 4 rings (SSSR count). The van der Waals surface area contributed by atoms with Crippen molar-refractivity contribution >= 4 is 23.7 Å². The number of carbonyl (C=O) groups excluding carboxylic acids is 2. The Labute approximate surface area is 238 Å². The van der Waals surface area contributed by atoms with Crippen molar-refractivity contribution in [3.05, 3.63) is 59.7 Å². The van der Waals surface area contributed by atoms with E-state index in [2.05, 4.69) is 5.32 Å². The smallest absolute Gasteiger partial charge is 0.412 e. The molecule has 0 bridgehead atoms. The van der Waals surface area contributed by atoms with Gasteiger partial charge in [-0.15, -0.1) is 0 Å². The Balaban J connectivity index is 1.36. The van der Waals surface area contributed by atoms with E-state index in [4.69, 9.17) is 24.7 Å². The van der Waals surface area contributed by atoms with E-state index in [-0.39, 0.29) is 56.0 Å². The zero-order valence-electron chi connectivity index (χ0n) is 22.8. The highest BCUT2D eigenvalue weighted by atomic mass is 16.7. The second kappa shape index (κ2) is 14.8. The Bertz CT molecular complexity index is 1180. The van der Waals surface area contributed by atoms with Crippen molar-refractivity contribution < 1.29 is 43.5 Å². The second-order valence-electron chi connectivity index (χ2n) is 10.0. The van der Waals surface area contributed by atoms with Crippen LogP contribution in [0.5, 0.6) is 5.75 Å². The van der Waals surface area contributed by atoms with Crippen molar-refractivity contribution in [2.45, 2.75) is 69.9 Å². The number of aliphatic hydroxyl groups is 1. The molecule has 2 amide bonds. The zero-order valence-corrected chi connectivity index (χ0v) is 22.8. The molecule has 0 radical (unpaired) electrons. The van der Waals surface area contributed by atoms with Gasteiger partial charge in [-0.1, -0.05) is 36.4 Å². The van der Waals surface area contributed by atoms with Gasteiger partial charge in [-0.25, -0.2) is 9.59 Å². The first-order valence-corrected chi connectivity index (χ1v) is 13.8. The number of nitrogens with one attached hydrogen (secondary N) is 1. The van der Waals surface area contributed by atoms with E-state index in [0.717, 1.165) is 24.8 Å². The van der Waals surface area contributed by atoms with E-state index >= 15 is 0 Å². The van der Waals surface area contributed by atoms with Crippen LogP contribution < -0.4 is 15.8 Å². The number of hydrogen-bond donors (Lipinski definition) is 4. The molecule has 4 atom stereocenters. The molecule has 0 aromatic heterocycles. The predicted molar refractivity (Wildman–Crippen MR) is 147 cm³/mol. The van der Waals surface area contributed by atoms with Gasteiger partial charge in [0.2, 0.25) is 12.2 Å². The summed E-state index contributed by atoms with van der Waals surface area (Å²) in [5.41, 5.74) is 7.52. The number of rotatable bonds is 12. The Morgan fingerprint density at radius 1 is 1.10 bits per heavy atom. The van der Waals surface area contributed by atoms with Gasteiger partial charge in [0.1, 0.15) is 18.6 Å². The number of carboxylic acids is 1. The van der Waals surface area contributed by atoms with Crippen LogP contribution in [0.15, 0.2) is 48.5 Å². The van der Waals surface area contributed by atoms with Crippen molar-refractivity contribution in [2.75, 3.05) is 25.0 Å². The first kappa shape index (κ1) is 30.3. The maximum absolute atomic E-state index is 12.9. The summed E-state index contributed by atoms with van der Waals surface area (Å²) >= 11 is 0. The maximum Gasteiger partial charge on any atom is 0.412 e. The number of nitrogens with two attached hydrogens (primary N) is 1. The molecule has 12 heteroatoms. The Morgan fingerprint density at radius 2 is 1.90 bits per heavy atom. The van der Waals surface area contributed by atoms with Crippen molar-refractivity contribution in [3.63, 3.8) is 0 Å². The average Bonchev–Trinajstić information content (AvgIpc) is 3.42. The lowest BCUT2D eigenvalue weighted by molar-refractivity contribution is -0.195. The zero-order chi connectivity index (χ0) is 29.2. The Hall–Kier alpha value is -3.71. The monoisotopic (exact) mass is 571 g/mol. The van der Waals surface area contributed by atoms with Crippen LogP contribution >= 0.6 is 0 Å². The molecule has 0 aliphatic carbocycles. The summed E-state index contributed by atoms with van der Waals surface area (Å²) in [7, 11) is 0. The third-order valence-electron chi connectivity index (χ3n) is 6.83. The summed E-state index contributed by atoms with van der Waals surface area (Å²) in [4.78, 5) is 38.1. The van der Waals surface area contributed by atoms with E-state index in [1.165, 1.54) is 0 Å². The molecule has 2 unspecified atom stereocenters. The largest absolute Gasteiger partial charge is 0.479 e. The van der Waals surface area contributed by atoms with Crippen molar-refractivity contribution in [2.24, 2.45) is 5.73 Å². The number of ether oxygens (including phenoxy) is 4. The van der Waals surface area contributed by atoms with Crippen LogP contribution in [0.1, 0.15) is 43.2 Å². The standard InChI is InChI=1S/C29H37N3O9/c30-12-10-25(34)31-22-15-20(8-9-23(22)40-27-17-21(33)16-24(41-27)28(35)36)18-39-29(37)32-13-4-7-26(32)38-14-11-19-5-2-1-3-6-19/h1-3,5-6,8-9,15,21,24,26-27,33H,4,7,10-14,16-18,30H2,(H,31,34)(H,35,36)/t21-,24-,26?,27?/m0/s1. The quantitative estimate of drug-likeness (QED) is 0.297. The number of carboxylic acid groups (broad SMARTS) is 1. The van der Waals surface area contributed by atoms with Crippen LogP contribution in [0, 0.1) is 0 Å². The molecule has 12 nitrogen and oxygen atoms in total. The Kier molecular flexibility index (Phi) is 10.9. The summed E-state index contributed by atoms with van der Waals surface area (Å²) in [5, 5.41) is 22.1. The number of carbonyl (C=O) groups is 3. The van der Waals surface area contributed by atoms with Gasteiger partial charge >= 0.3 is 12.1 Å². The van der Waals surface area contributed by atoms with Gasteiger partial charge in [0.25, 0.3) is 0 Å². The fraction of sp³-hybridized carbons (Fsp3) is 0.483. The SMILES string of the molecule is NCCC(=O)Nc1cc(COC(=O)N2CCCC2OCCc2ccccc2)ccc1OC1C[C@@H](O)C[C@@H](C(=O)O)O1. The normalized spacial score (nSPS) is 22.2. The molecule has 2 aliphatic heterocycles. The molecule has 5 N–H and O–H groups in total. The van der Waals surface area contributed by atoms with Gasteiger partial charge in [-0.05, 0) is 42.5 Å². The van der Waals surface area contributed by atoms with Crippen LogP contribution in [-0.4, -0.2) is 77.5 Å². The molecule has 0 spiro atoms. The van der Waals surface area contributed by atoms with Gasteiger partial charge in [0, 0.05) is 32.4 Å². The lowest BCUT2D eigenvalue weighted by atomic mass is 10.1. The molecule has 0 saturated carbocycles. The maximum atomic E-state index is 12.9. The van der Waals surface area contributed by atoms with E-state index in [9.17, 15) is 24.6 Å². The van der Waals surface area contributed by atoms with Crippen LogP contribution in [0.25, 0.3) is 0 Å². The lowest BCUT2D eigenvalue weighted by Crippen LogP contribution is -2.42. The number of amides is 2. The fourth-order valence-electron chi connectivity index (χ4n) is 4.75. The van der Waals surface area contributed by atoms with E-state index in [0.29, 0.717) is 18.7 Å². The first-order valence-electron chi connectivity index (χ1n) is 13.8. The predicted octanol–water partition coefficient (Wildman–Crippen LogP) is 2.62.